The van der Waals surface area contributed by atoms with Crippen molar-refractivity contribution in [2.75, 3.05) is 5.32 Å². The molecule has 0 bridgehead atoms. The van der Waals surface area contributed by atoms with Crippen LogP contribution in [0.15, 0.2) is 46.9 Å². The maximum Gasteiger partial charge on any atom is 0.232 e. The molecule has 4 rings (SSSR count). The van der Waals surface area contributed by atoms with E-state index in [4.69, 9.17) is 4.42 Å². The minimum Gasteiger partial charge on any atom is -0.461 e. The number of amides is 1. The van der Waals surface area contributed by atoms with Crippen LogP contribution in [0.1, 0.15) is 35.3 Å². The van der Waals surface area contributed by atoms with E-state index in [1.807, 2.05) is 30.3 Å². The number of anilines is 1. The molecule has 1 N–H and O–H groups in total. The van der Waals surface area contributed by atoms with Gasteiger partial charge in [-0.25, -0.2) is 0 Å². The first-order valence-electron chi connectivity index (χ1n) is 8.08. The quantitative estimate of drug-likeness (QED) is 0.769. The minimum absolute atomic E-state index is 0.0814. The maximum absolute atomic E-state index is 12.5. The van der Waals surface area contributed by atoms with Crippen LogP contribution in [0.3, 0.4) is 0 Å². The van der Waals surface area contributed by atoms with Crippen molar-refractivity contribution in [2.45, 2.75) is 32.6 Å². The van der Waals surface area contributed by atoms with E-state index >= 15 is 0 Å². The normalized spacial score (nSPS) is 16.6. The van der Waals surface area contributed by atoms with Crippen molar-refractivity contribution >= 4 is 22.6 Å². The zero-order valence-corrected chi connectivity index (χ0v) is 13.3. The van der Waals surface area contributed by atoms with E-state index in [1.165, 1.54) is 5.56 Å². The Morgan fingerprint density at radius 1 is 1.17 bits per heavy atom. The van der Waals surface area contributed by atoms with Crippen LogP contribution in [0.25, 0.3) is 11.0 Å². The molecule has 23 heavy (non-hydrogen) atoms. The van der Waals surface area contributed by atoms with Crippen LogP contribution in [0.5, 0.6) is 0 Å². The molecule has 2 heterocycles. The van der Waals surface area contributed by atoms with Gasteiger partial charge >= 0.3 is 0 Å². The predicted octanol–water partition coefficient (Wildman–Crippen LogP) is 4.58. The number of para-hydroxylation sites is 1. The summed E-state index contributed by atoms with van der Waals surface area (Å²) in [6.07, 6.45) is 1.52. The molecule has 0 saturated heterocycles. The lowest BCUT2D eigenvalue weighted by Gasteiger charge is -2.10. The first-order chi connectivity index (χ1) is 11.2. The second-order valence-electron chi connectivity index (χ2n) is 6.19. The number of hydrogen-bond donors (Lipinski definition) is 1. The number of furan rings is 1. The van der Waals surface area contributed by atoms with Gasteiger partial charge in [-0.2, -0.15) is 0 Å². The summed E-state index contributed by atoms with van der Waals surface area (Å²) >= 11 is 0. The van der Waals surface area contributed by atoms with E-state index < -0.39 is 0 Å². The third kappa shape index (κ3) is 2.24. The predicted molar refractivity (Wildman–Crippen MR) is 91.8 cm³/mol. The van der Waals surface area contributed by atoms with Crippen LogP contribution in [0, 0.1) is 6.92 Å². The van der Waals surface area contributed by atoms with Crippen molar-refractivity contribution in [3.8, 4) is 0 Å². The summed E-state index contributed by atoms with van der Waals surface area (Å²) in [6, 6.07) is 14.2. The molecular formula is C20H19NO2. The van der Waals surface area contributed by atoms with Crippen LogP contribution in [-0.4, -0.2) is 5.91 Å². The van der Waals surface area contributed by atoms with Gasteiger partial charge in [0.25, 0.3) is 0 Å². The Morgan fingerprint density at radius 2 is 2.00 bits per heavy atom. The van der Waals surface area contributed by atoms with Crippen LogP contribution in [-0.2, 0) is 17.6 Å². The Hall–Kier alpha value is -2.55. The molecule has 3 heteroatoms. The van der Waals surface area contributed by atoms with E-state index in [-0.39, 0.29) is 11.8 Å². The molecule has 2 aromatic carbocycles. The third-order valence-electron chi connectivity index (χ3n) is 4.67. The average molecular weight is 305 g/mol. The molecule has 1 aromatic heterocycles. The number of aryl methyl sites for hydroxylation is 2. The van der Waals surface area contributed by atoms with E-state index in [9.17, 15) is 4.79 Å². The number of benzene rings is 2. The smallest absolute Gasteiger partial charge is 0.232 e. The van der Waals surface area contributed by atoms with Gasteiger partial charge in [0.15, 0.2) is 0 Å². The van der Waals surface area contributed by atoms with Crippen molar-refractivity contribution in [3.63, 3.8) is 0 Å². The molecule has 0 unspecified atom stereocenters. The van der Waals surface area contributed by atoms with Crippen molar-refractivity contribution in [3.05, 3.63) is 64.9 Å². The van der Waals surface area contributed by atoms with Crippen LogP contribution in [0.2, 0.25) is 0 Å². The average Bonchev–Trinajstić information content (AvgIpc) is 3.06. The Bertz CT molecular complexity index is 907. The minimum atomic E-state index is -0.142. The summed E-state index contributed by atoms with van der Waals surface area (Å²) in [6.45, 7) is 4.15. The fourth-order valence-corrected chi connectivity index (χ4v) is 3.51. The highest BCUT2D eigenvalue weighted by molar-refractivity contribution is 6.03. The van der Waals surface area contributed by atoms with Gasteiger partial charge < -0.3 is 9.73 Å². The maximum atomic E-state index is 12.5. The standard InChI is InChI=1S/C20H19NO2/c1-3-18-15(13-6-4-5-7-19(13)23-18)11-16-14-10-12(2)8-9-17(14)21-20(16)22/h4-10,16H,3,11H2,1-2H3,(H,21,22)/t16-/m0/s1. The summed E-state index contributed by atoms with van der Waals surface area (Å²) in [7, 11) is 0. The van der Waals surface area contributed by atoms with E-state index in [2.05, 4.69) is 31.3 Å². The monoisotopic (exact) mass is 305 g/mol. The number of nitrogens with one attached hydrogen (secondary N) is 1. The first-order valence-corrected chi connectivity index (χ1v) is 8.08. The highest BCUT2D eigenvalue weighted by atomic mass is 16.3. The van der Waals surface area contributed by atoms with Gasteiger partial charge in [0.05, 0.1) is 5.92 Å². The summed E-state index contributed by atoms with van der Waals surface area (Å²) in [5.74, 6) is 0.925. The number of carbonyl (C=O) groups is 1. The Labute approximate surface area is 135 Å². The van der Waals surface area contributed by atoms with E-state index in [0.29, 0.717) is 6.42 Å². The lowest BCUT2D eigenvalue weighted by atomic mass is 9.90. The number of fused-ring (bicyclic) bond motifs is 2. The molecular weight excluding hydrogens is 286 g/mol. The molecule has 3 aromatic rings. The van der Waals surface area contributed by atoms with Gasteiger partial charge in [-0.05, 0) is 31.0 Å². The van der Waals surface area contributed by atoms with E-state index in [0.717, 1.165) is 40.0 Å². The molecule has 1 amide bonds. The Balaban J connectivity index is 1.80. The number of carbonyl (C=O) groups excluding carboxylic acids is 1. The van der Waals surface area contributed by atoms with E-state index in [1.54, 1.807) is 0 Å². The van der Waals surface area contributed by atoms with Crippen LogP contribution >= 0.6 is 0 Å². The molecule has 1 atom stereocenters. The molecule has 0 fully saturated rings. The van der Waals surface area contributed by atoms with Crippen molar-refractivity contribution < 1.29 is 9.21 Å². The Kier molecular flexibility index (Phi) is 3.22. The van der Waals surface area contributed by atoms with Gasteiger partial charge in [0.2, 0.25) is 5.91 Å². The summed E-state index contributed by atoms with van der Waals surface area (Å²) < 4.78 is 5.97. The van der Waals surface area contributed by atoms with Crippen molar-refractivity contribution in [2.24, 2.45) is 0 Å². The fourth-order valence-electron chi connectivity index (χ4n) is 3.51. The summed E-state index contributed by atoms with van der Waals surface area (Å²) in [5.41, 5.74) is 5.29. The number of hydrogen-bond acceptors (Lipinski definition) is 2. The molecule has 0 radical (unpaired) electrons. The van der Waals surface area contributed by atoms with Gasteiger partial charge in [-0.1, -0.05) is 42.8 Å². The van der Waals surface area contributed by atoms with Gasteiger partial charge in [0, 0.05) is 23.1 Å². The molecule has 0 aliphatic carbocycles. The first kappa shape index (κ1) is 14.1. The zero-order valence-electron chi connectivity index (χ0n) is 13.3. The third-order valence-corrected chi connectivity index (χ3v) is 4.67. The van der Waals surface area contributed by atoms with Crippen LogP contribution < -0.4 is 5.32 Å². The molecule has 0 saturated carbocycles. The molecule has 0 spiro atoms. The summed E-state index contributed by atoms with van der Waals surface area (Å²) in [4.78, 5) is 12.5. The molecule has 3 nitrogen and oxygen atoms in total. The largest absolute Gasteiger partial charge is 0.461 e. The molecule has 1 aliphatic rings. The highest BCUT2D eigenvalue weighted by Gasteiger charge is 2.32. The van der Waals surface area contributed by atoms with Crippen molar-refractivity contribution in [1.29, 1.82) is 0 Å². The zero-order chi connectivity index (χ0) is 16.0. The number of rotatable bonds is 3. The molecule has 1 aliphatic heterocycles. The molecule has 116 valence electrons. The van der Waals surface area contributed by atoms with Crippen LogP contribution in [0.4, 0.5) is 5.69 Å². The van der Waals surface area contributed by atoms with Crippen molar-refractivity contribution in [1.82, 2.24) is 0 Å². The topological polar surface area (TPSA) is 42.2 Å². The summed E-state index contributed by atoms with van der Waals surface area (Å²) in [5, 5.41) is 4.13. The second kappa shape index (κ2) is 5.27. The lowest BCUT2D eigenvalue weighted by molar-refractivity contribution is -0.117. The van der Waals surface area contributed by atoms with Gasteiger partial charge in [0.1, 0.15) is 11.3 Å². The second-order valence-corrected chi connectivity index (χ2v) is 6.19. The lowest BCUT2D eigenvalue weighted by Crippen LogP contribution is -2.14. The Morgan fingerprint density at radius 3 is 2.83 bits per heavy atom. The SMILES string of the molecule is CCc1oc2ccccc2c1C[C@@H]1C(=O)Nc2ccc(C)cc21. The fraction of sp³-hybridized carbons (Fsp3) is 0.250. The highest BCUT2D eigenvalue weighted by Crippen LogP contribution is 2.38. The van der Waals surface area contributed by atoms with Gasteiger partial charge in [-0.3, -0.25) is 4.79 Å². The van der Waals surface area contributed by atoms with Gasteiger partial charge in [-0.15, -0.1) is 0 Å².